The molecular weight excluding hydrogens is 406 g/mol. The quantitative estimate of drug-likeness (QED) is 0.426. The van der Waals surface area contributed by atoms with Crippen LogP contribution in [0.3, 0.4) is 0 Å². The SMILES string of the molecule is CC(C(=O)N(Cc1ccccc1)Cc1ccccc1)n1nc(-c2cccs2)ccc1=O. The summed E-state index contributed by atoms with van der Waals surface area (Å²) in [5, 5.41) is 6.46. The number of rotatable bonds is 7. The van der Waals surface area contributed by atoms with Gasteiger partial charge in [-0.3, -0.25) is 9.59 Å². The van der Waals surface area contributed by atoms with Crippen LogP contribution in [-0.4, -0.2) is 20.6 Å². The summed E-state index contributed by atoms with van der Waals surface area (Å²) in [6.07, 6.45) is 0. The van der Waals surface area contributed by atoms with Crippen LogP contribution in [-0.2, 0) is 17.9 Å². The van der Waals surface area contributed by atoms with Gasteiger partial charge in [-0.25, -0.2) is 4.68 Å². The molecule has 31 heavy (non-hydrogen) atoms. The zero-order valence-corrected chi connectivity index (χ0v) is 18.0. The Morgan fingerprint density at radius 2 is 1.52 bits per heavy atom. The van der Waals surface area contributed by atoms with Gasteiger partial charge in [0.2, 0.25) is 5.91 Å². The fraction of sp³-hybridized carbons (Fsp3) is 0.160. The number of amides is 1. The van der Waals surface area contributed by atoms with E-state index in [-0.39, 0.29) is 11.5 Å². The molecule has 1 amide bonds. The molecule has 0 spiro atoms. The molecule has 4 rings (SSSR count). The molecule has 6 heteroatoms. The smallest absolute Gasteiger partial charge is 0.267 e. The highest BCUT2D eigenvalue weighted by Crippen LogP contribution is 2.22. The van der Waals surface area contributed by atoms with Crippen molar-refractivity contribution in [3.05, 3.63) is 112 Å². The van der Waals surface area contributed by atoms with Gasteiger partial charge in [-0.1, -0.05) is 66.7 Å². The first-order valence-corrected chi connectivity index (χ1v) is 11.0. The second kappa shape index (κ2) is 9.53. The largest absolute Gasteiger partial charge is 0.332 e. The Morgan fingerprint density at radius 3 is 2.06 bits per heavy atom. The van der Waals surface area contributed by atoms with E-state index in [4.69, 9.17) is 0 Å². The molecular formula is C25H23N3O2S. The molecule has 0 saturated heterocycles. The second-order valence-electron chi connectivity index (χ2n) is 7.32. The molecule has 0 aliphatic carbocycles. The highest BCUT2D eigenvalue weighted by Gasteiger charge is 2.24. The number of nitrogens with zero attached hydrogens (tertiary/aromatic N) is 3. The Bertz CT molecular complexity index is 1150. The molecule has 1 unspecified atom stereocenters. The van der Waals surface area contributed by atoms with Crippen molar-refractivity contribution in [1.82, 2.24) is 14.7 Å². The molecule has 5 nitrogen and oxygen atoms in total. The van der Waals surface area contributed by atoms with E-state index in [2.05, 4.69) is 5.10 Å². The van der Waals surface area contributed by atoms with Crippen LogP contribution in [0.1, 0.15) is 24.1 Å². The van der Waals surface area contributed by atoms with Gasteiger partial charge in [0.15, 0.2) is 0 Å². The van der Waals surface area contributed by atoms with Crippen molar-refractivity contribution in [2.75, 3.05) is 0 Å². The van der Waals surface area contributed by atoms with Crippen molar-refractivity contribution in [3.63, 3.8) is 0 Å². The molecule has 2 aromatic carbocycles. The Morgan fingerprint density at radius 1 is 0.903 bits per heavy atom. The first-order valence-electron chi connectivity index (χ1n) is 10.1. The zero-order chi connectivity index (χ0) is 21.6. The van der Waals surface area contributed by atoms with Crippen LogP contribution in [0.25, 0.3) is 10.6 Å². The fourth-order valence-corrected chi connectivity index (χ4v) is 4.14. The fourth-order valence-electron chi connectivity index (χ4n) is 3.45. The third-order valence-corrected chi connectivity index (χ3v) is 5.96. The summed E-state index contributed by atoms with van der Waals surface area (Å²) in [7, 11) is 0. The van der Waals surface area contributed by atoms with E-state index in [0.29, 0.717) is 18.8 Å². The lowest BCUT2D eigenvalue weighted by atomic mass is 10.1. The second-order valence-corrected chi connectivity index (χ2v) is 8.27. The van der Waals surface area contributed by atoms with Crippen molar-refractivity contribution < 1.29 is 4.79 Å². The Hall–Kier alpha value is -3.51. The van der Waals surface area contributed by atoms with E-state index < -0.39 is 6.04 Å². The maximum absolute atomic E-state index is 13.5. The molecule has 0 aliphatic rings. The van der Waals surface area contributed by atoms with E-state index in [1.807, 2.05) is 78.2 Å². The van der Waals surface area contributed by atoms with Crippen molar-refractivity contribution >= 4 is 17.2 Å². The molecule has 0 N–H and O–H groups in total. The van der Waals surface area contributed by atoms with Gasteiger partial charge in [-0.15, -0.1) is 11.3 Å². The standard InChI is InChI=1S/C25H23N3O2S/c1-19(28-24(29)15-14-22(26-28)23-13-8-16-31-23)25(30)27(17-20-9-4-2-5-10-20)18-21-11-6-3-7-12-21/h2-16,19H,17-18H2,1H3. The minimum absolute atomic E-state index is 0.148. The summed E-state index contributed by atoms with van der Waals surface area (Å²) < 4.78 is 1.29. The number of aromatic nitrogens is 2. The van der Waals surface area contributed by atoms with Crippen LogP contribution >= 0.6 is 11.3 Å². The summed E-state index contributed by atoms with van der Waals surface area (Å²) in [6, 6.07) is 26.1. The lowest BCUT2D eigenvalue weighted by Crippen LogP contribution is -2.39. The Kier molecular flexibility index (Phi) is 6.38. The predicted octanol–water partition coefficient (Wildman–Crippen LogP) is 4.76. The topological polar surface area (TPSA) is 55.2 Å². The average Bonchev–Trinajstić information content (AvgIpc) is 3.34. The zero-order valence-electron chi connectivity index (χ0n) is 17.2. The van der Waals surface area contributed by atoms with Crippen molar-refractivity contribution in [2.24, 2.45) is 0 Å². The lowest BCUT2D eigenvalue weighted by molar-refractivity contribution is -0.136. The lowest BCUT2D eigenvalue weighted by Gasteiger charge is -2.26. The Labute approximate surface area is 185 Å². The maximum atomic E-state index is 13.5. The normalized spacial score (nSPS) is 11.8. The molecule has 0 saturated carbocycles. The van der Waals surface area contributed by atoms with Gasteiger partial charge >= 0.3 is 0 Å². The monoisotopic (exact) mass is 429 g/mol. The number of hydrogen-bond donors (Lipinski definition) is 0. The number of thiophene rings is 1. The van der Waals surface area contributed by atoms with E-state index in [9.17, 15) is 9.59 Å². The molecule has 2 aromatic heterocycles. The van der Waals surface area contributed by atoms with Crippen LogP contribution in [0, 0.1) is 0 Å². The number of hydrogen-bond acceptors (Lipinski definition) is 4. The highest BCUT2D eigenvalue weighted by molar-refractivity contribution is 7.13. The molecule has 0 fully saturated rings. The third kappa shape index (κ3) is 4.98. The van der Waals surface area contributed by atoms with Crippen LogP contribution in [0.5, 0.6) is 0 Å². The molecule has 2 heterocycles. The van der Waals surface area contributed by atoms with E-state index in [1.54, 1.807) is 29.2 Å². The minimum Gasteiger partial charge on any atom is -0.332 e. The average molecular weight is 430 g/mol. The number of benzene rings is 2. The number of carbonyl (C=O) groups is 1. The van der Waals surface area contributed by atoms with Gasteiger partial charge < -0.3 is 4.90 Å². The van der Waals surface area contributed by atoms with Gasteiger partial charge in [0, 0.05) is 19.2 Å². The summed E-state index contributed by atoms with van der Waals surface area (Å²) in [5.41, 5.74) is 2.46. The number of carbonyl (C=O) groups excluding carboxylic acids is 1. The predicted molar refractivity (Wildman–Crippen MR) is 124 cm³/mol. The summed E-state index contributed by atoms with van der Waals surface area (Å²) in [5.74, 6) is -0.148. The van der Waals surface area contributed by atoms with Crippen molar-refractivity contribution in [3.8, 4) is 10.6 Å². The molecule has 156 valence electrons. The minimum atomic E-state index is -0.722. The van der Waals surface area contributed by atoms with Gasteiger partial charge in [0.05, 0.1) is 4.88 Å². The van der Waals surface area contributed by atoms with Gasteiger partial charge in [0.25, 0.3) is 5.56 Å². The third-order valence-electron chi connectivity index (χ3n) is 5.07. The maximum Gasteiger partial charge on any atom is 0.267 e. The Balaban J connectivity index is 1.64. The van der Waals surface area contributed by atoms with Crippen LogP contribution < -0.4 is 5.56 Å². The van der Waals surface area contributed by atoms with Crippen LogP contribution in [0.2, 0.25) is 0 Å². The van der Waals surface area contributed by atoms with Crippen LogP contribution in [0.15, 0.2) is 95.1 Å². The van der Waals surface area contributed by atoms with Crippen molar-refractivity contribution in [1.29, 1.82) is 0 Å². The van der Waals surface area contributed by atoms with E-state index in [1.165, 1.54) is 10.7 Å². The molecule has 1 atom stereocenters. The summed E-state index contributed by atoms with van der Waals surface area (Å²) in [6.45, 7) is 2.65. The summed E-state index contributed by atoms with van der Waals surface area (Å²) in [4.78, 5) is 28.8. The first kappa shape index (κ1) is 20.8. The first-order chi connectivity index (χ1) is 15.1. The molecule has 0 bridgehead atoms. The highest BCUT2D eigenvalue weighted by atomic mass is 32.1. The van der Waals surface area contributed by atoms with Crippen molar-refractivity contribution in [2.45, 2.75) is 26.1 Å². The molecule has 0 aliphatic heterocycles. The molecule has 4 aromatic rings. The van der Waals surface area contributed by atoms with E-state index >= 15 is 0 Å². The molecule has 0 radical (unpaired) electrons. The van der Waals surface area contributed by atoms with Gasteiger partial charge in [-0.05, 0) is 35.6 Å². The van der Waals surface area contributed by atoms with E-state index in [0.717, 1.165) is 16.0 Å². The van der Waals surface area contributed by atoms with Gasteiger partial charge in [-0.2, -0.15) is 5.10 Å². The van der Waals surface area contributed by atoms with Crippen LogP contribution in [0.4, 0.5) is 0 Å². The summed E-state index contributed by atoms with van der Waals surface area (Å²) >= 11 is 1.55. The van der Waals surface area contributed by atoms with Gasteiger partial charge in [0.1, 0.15) is 11.7 Å².